The lowest BCUT2D eigenvalue weighted by Gasteiger charge is -2.15. The lowest BCUT2D eigenvalue weighted by molar-refractivity contribution is -0.113. The van der Waals surface area contributed by atoms with Gasteiger partial charge >= 0.3 is 0 Å². The van der Waals surface area contributed by atoms with Crippen LogP contribution in [-0.2, 0) is 11.8 Å². The summed E-state index contributed by atoms with van der Waals surface area (Å²) in [5.41, 5.74) is 2.17. The fourth-order valence-corrected chi connectivity index (χ4v) is 4.87. The van der Waals surface area contributed by atoms with Crippen molar-refractivity contribution in [2.24, 2.45) is 7.05 Å². The minimum Gasteiger partial charge on any atom is -0.342 e. The maximum absolute atomic E-state index is 12.6. The normalized spacial score (nSPS) is 12.0. The lowest BCUT2D eigenvalue weighted by Crippen LogP contribution is -2.28. The Hall–Kier alpha value is -2.07. The first-order chi connectivity index (χ1) is 16.1. The summed E-state index contributed by atoms with van der Waals surface area (Å²) in [7, 11) is 1.79. The Morgan fingerprint density at radius 2 is 1.85 bits per heavy atom. The van der Waals surface area contributed by atoms with Crippen LogP contribution in [0.4, 0.5) is 5.69 Å². The molecule has 0 bridgehead atoms. The number of carbonyl (C=O) groups is 2. The zero-order valence-corrected chi connectivity index (χ0v) is 22.9. The average molecular weight is 585 g/mol. The average Bonchev–Trinajstić information content (AvgIpc) is 3.13. The molecule has 1 aromatic heterocycles. The third kappa shape index (κ3) is 6.53. The van der Waals surface area contributed by atoms with Crippen molar-refractivity contribution < 1.29 is 9.59 Å². The van der Waals surface area contributed by atoms with Gasteiger partial charge in [0.15, 0.2) is 11.0 Å². The highest BCUT2D eigenvalue weighted by Gasteiger charge is 2.20. The second kappa shape index (κ2) is 11.6. The van der Waals surface area contributed by atoms with Crippen LogP contribution in [0.15, 0.2) is 46.0 Å². The smallest absolute Gasteiger partial charge is 0.253 e. The van der Waals surface area contributed by atoms with Gasteiger partial charge in [-0.25, -0.2) is 0 Å². The number of hydrogen-bond donors (Lipinski definition) is 2. The van der Waals surface area contributed by atoms with Crippen molar-refractivity contribution in [3.05, 3.63) is 67.9 Å². The molecule has 1 unspecified atom stereocenters. The number of nitrogens with one attached hydrogen (secondary N) is 2. The minimum atomic E-state index is -0.434. The topological polar surface area (TPSA) is 88.9 Å². The molecule has 0 aliphatic rings. The van der Waals surface area contributed by atoms with Crippen molar-refractivity contribution in [2.75, 3.05) is 11.1 Å². The van der Waals surface area contributed by atoms with Crippen LogP contribution in [0.5, 0.6) is 0 Å². The molecule has 2 amide bonds. The van der Waals surface area contributed by atoms with Gasteiger partial charge in [0.05, 0.1) is 22.4 Å². The zero-order valence-electron chi connectivity index (χ0n) is 19.0. The number of nitrogens with zero attached hydrogens (tertiary/aromatic N) is 3. The molecule has 2 N–H and O–H groups in total. The number of benzene rings is 2. The molecule has 0 spiro atoms. The summed E-state index contributed by atoms with van der Waals surface area (Å²) in [6.07, 6.45) is 0. The summed E-state index contributed by atoms with van der Waals surface area (Å²) in [5, 5.41) is 15.5. The van der Waals surface area contributed by atoms with Gasteiger partial charge in [0.1, 0.15) is 0 Å². The van der Waals surface area contributed by atoms with E-state index in [0.29, 0.717) is 21.6 Å². The van der Waals surface area contributed by atoms with E-state index in [-0.39, 0.29) is 28.5 Å². The monoisotopic (exact) mass is 583 g/mol. The van der Waals surface area contributed by atoms with Gasteiger partial charge in [-0.05, 0) is 54.8 Å². The number of hydrogen-bond acceptors (Lipinski definition) is 5. The Morgan fingerprint density at radius 3 is 2.53 bits per heavy atom. The Balaban J connectivity index is 1.62. The van der Waals surface area contributed by atoms with Gasteiger partial charge < -0.3 is 15.2 Å². The number of halogens is 3. The van der Waals surface area contributed by atoms with E-state index >= 15 is 0 Å². The van der Waals surface area contributed by atoms with Gasteiger partial charge in [-0.2, -0.15) is 0 Å². The van der Waals surface area contributed by atoms with Crippen molar-refractivity contribution in [1.82, 2.24) is 20.1 Å². The van der Waals surface area contributed by atoms with Crippen LogP contribution in [0, 0.1) is 0 Å². The molecule has 0 saturated carbocycles. The minimum absolute atomic E-state index is 0.141. The summed E-state index contributed by atoms with van der Waals surface area (Å²) in [6, 6.07) is 10.1. The van der Waals surface area contributed by atoms with E-state index in [1.807, 2.05) is 18.2 Å². The summed E-state index contributed by atoms with van der Waals surface area (Å²) >= 11 is 16.8. The van der Waals surface area contributed by atoms with E-state index in [0.717, 1.165) is 15.7 Å². The first-order valence-corrected chi connectivity index (χ1v) is 13.0. The van der Waals surface area contributed by atoms with Gasteiger partial charge in [-0.1, -0.05) is 64.7 Å². The SMILES string of the molecule is CC(C)c1cc(Br)ccc1NC(=O)CSc1nnc(C(C)NC(=O)c2ccc(Cl)cc2Cl)n1C. The van der Waals surface area contributed by atoms with Gasteiger partial charge in [0.2, 0.25) is 5.91 Å². The van der Waals surface area contributed by atoms with Crippen LogP contribution in [0.3, 0.4) is 0 Å². The number of rotatable bonds is 8. The first-order valence-electron chi connectivity index (χ1n) is 10.4. The molecule has 180 valence electrons. The predicted molar refractivity (Wildman–Crippen MR) is 141 cm³/mol. The highest BCUT2D eigenvalue weighted by molar-refractivity contribution is 9.10. The molecule has 0 aliphatic heterocycles. The molecule has 1 atom stereocenters. The van der Waals surface area contributed by atoms with E-state index in [9.17, 15) is 9.59 Å². The summed E-state index contributed by atoms with van der Waals surface area (Å²) in [4.78, 5) is 25.2. The van der Waals surface area contributed by atoms with Crippen molar-refractivity contribution in [3.63, 3.8) is 0 Å². The number of aromatic nitrogens is 3. The standard InChI is InChI=1S/C23H24BrCl2N5O2S/c1-12(2)17-9-14(24)5-8-19(17)28-20(32)11-34-23-30-29-21(31(23)4)13(3)27-22(33)16-7-6-15(25)10-18(16)26/h5-10,12-13H,11H2,1-4H3,(H,27,33)(H,28,32). The molecule has 3 rings (SSSR count). The molecule has 1 heterocycles. The lowest BCUT2D eigenvalue weighted by atomic mass is 10.0. The van der Waals surface area contributed by atoms with E-state index in [4.69, 9.17) is 23.2 Å². The van der Waals surface area contributed by atoms with Crippen molar-refractivity contribution in [2.45, 2.75) is 37.9 Å². The molecule has 11 heteroatoms. The Morgan fingerprint density at radius 1 is 1.12 bits per heavy atom. The van der Waals surface area contributed by atoms with Crippen LogP contribution in [0.1, 0.15) is 54.5 Å². The molecular formula is C23H24BrCl2N5O2S. The van der Waals surface area contributed by atoms with E-state index in [1.54, 1.807) is 30.7 Å². The first kappa shape index (κ1) is 26.5. The molecule has 7 nitrogen and oxygen atoms in total. The highest BCUT2D eigenvalue weighted by Crippen LogP contribution is 2.28. The van der Waals surface area contributed by atoms with E-state index in [1.165, 1.54) is 17.8 Å². The molecule has 0 aliphatic carbocycles. The maximum Gasteiger partial charge on any atom is 0.253 e. The second-order valence-electron chi connectivity index (χ2n) is 7.94. The number of carbonyl (C=O) groups excluding carboxylic acids is 2. The summed E-state index contributed by atoms with van der Waals surface area (Å²) in [6.45, 7) is 5.95. The van der Waals surface area contributed by atoms with Crippen LogP contribution < -0.4 is 10.6 Å². The summed E-state index contributed by atoms with van der Waals surface area (Å²) < 4.78 is 2.72. The van der Waals surface area contributed by atoms with Crippen LogP contribution >= 0.6 is 50.9 Å². The maximum atomic E-state index is 12.6. The number of anilines is 1. The Bertz CT molecular complexity index is 1220. The Kier molecular flexibility index (Phi) is 9.03. The van der Waals surface area contributed by atoms with Crippen LogP contribution in [0.25, 0.3) is 0 Å². The predicted octanol–water partition coefficient (Wildman–Crippen LogP) is 6.23. The van der Waals surface area contributed by atoms with Crippen molar-refractivity contribution >= 4 is 68.4 Å². The molecule has 2 aromatic carbocycles. The second-order valence-corrected chi connectivity index (χ2v) is 10.6. The molecular weight excluding hydrogens is 561 g/mol. The number of amides is 2. The fraction of sp³-hybridized carbons (Fsp3) is 0.304. The van der Waals surface area contributed by atoms with Crippen molar-refractivity contribution in [1.29, 1.82) is 0 Å². The van der Waals surface area contributed by atoms with Gasteiger partial charge in [-0.15, -0.1) is 10.2 Å². The van der Waals surface area contributed by atoms with Crippen LogP contribution in [0.2, 0.25) is 10.0 Å². The summed E-state index contributed by atoms with van der Waals surface area (Å²) in [5.74, 6) is 0.497. The van der Waals surface area contributed by atoms with E-state index < -0.39 is 6.04 Å². The zero-order chi connectivity index (χ0) is 25.0. The molecule has 0 radical (unpaired) electrons. The largest absolute Gasteiger partial charge is 0.342 e. The van der Waals surface area contributed by atoms with Gasteiger partial charge in [0, 0.05) is 22.2 Å². The molecule has 0 fully saturated rings. The third-order valence-corrected chi connectivity index (χ3v) is 7.08. The Labute approximate surface area is 221 Å². The molecule has 3 aromatic rings. The van der Waals surface area contributed by atoms with Gasteiger partial charge in [0.25, 0.3) is 5.91 Å². The van der Waals surface area contributed by atoms with Crippen LogP contribution in [-0.4, -0.2) is 32.3 Å². The molecule has 0 saturated heterocycles. The highest BCUT2D eigenvalue weighted by atomic mass is 79.9. The van der Waals surface area contributed by atoms with Crippen molar-refractivity contribution in [3.8, 4) is 0 Å². The quantitative estimate of drug-likeness (QED) is 0.306. The van der Waals surface area contributed by atoms with Gasteiger partial charge in [-0.3, -0.25) is 9.59 Å². The number of thioether (sulfide) groups is 1. The van der Waals surface area contributed by atoms with E-state index in [2.05, 4.69) is 50.6 Å². The molecule has 34 heavy (non-hydrogen) atoms. The fourth-order valence-electron chi connectivity index (χ4n) is 3.28. The third-order valence-electron chi connectivity index (χ3n) is 5.02.